The zero-order valence-electron chi connectivity index (χ0n) is 9.03. The van der Waals surface area contributed by atoms with E-state index in [-0.39, 0.29) is 5.91 Å². The number of benzene rings is 1. The van der Waals surface area contributed by atoms with E-state index < -0.39 is 0 Å². The van der Waals surface area contributed by atoms with Crippen LogP contribution in [-0.4, -0.2) is 12.5 Å². The molecule has 0 saturated heterocycles. The van der Waals surface area contributed by atoms with Gasteiger partial charge in [0, 0.05) is 13.5 Å². The first-order valence-corrected chi connectivity index (χ1v) is 4.84. The summed E-state index contributed by atoms with van der Waals surface area (Å²) in [5.74, 6) is -0.0854. The van der Waals surface area contributed by atoms with Gasteiger partial charge in [-0.2, -0.15) is 5.26 Å². The van der Waals surface area contributed by atoms with E-state index >= 15 is 0 Å². The summed E-state index contributed by atoms with van der Waals surface area (Å²) in [6.45, 7) is 1.89. The molecule has 82 valence electrons. The number of rotatable bonds is 3. The highest BCUT2D eigenvalue weighted by Gasteiger charge is 2.01. The van der Waals surface area contributed by atoms with Gasteiger partial charge in [-0.05, 0) is 11.6 Å². The average molecular weight is 215 g/mol. The maximum atomic E-state index is 10.6. The molecule has 4 heteroatoms. The zero-order valence-corrected chi connectivity index (χ0v) is 9.03. The number of carbonyl (C=O) groups is 1. The van der Waals surface area contributed by atoms with E-state index in [9.17, 15) is 4.79 Å². The van der Waals surface area contributed by atoms with E-state index in [1.807, 2.05) is 6.07 Å². The Morgan fingerprint density at radius 2 is 2.38 bits per heavy atom. The van der Waals surface area contributed by atoms with E-state index in [0.29, 0.717) is 17.8 Å². The zero-order chi connectivity index (χ0) is 12.0. The first-order valence-electron chi connectivity index (χ1n) is 4.84. The Morgan fingerprint density at radius 3 is 3.00 bits per heavy atom. The summed E-state index contributed by atoms with van der Waals surface area (Å²) in [5.41, 5.74) is 7.34. The molecule has 0 aliphatic carbocycles. The van der Waals surface area contributed by atoms with Crippen LogP contribution in [-0.2, 0) is 4.79 Å². The minimum atomic E-state index is -0.0854. The summed E-state index contributed by atoms with van der Waals surface area (Å²) in [6, 6.07) is 7.32. The first kappa shape index (κ1) is 11.8. The Balaban J connectivity index is 2.78. The molecule has 0 heterocycles. The molecule has 0 aliphatic rings. The number of nitrogens with one attached hydrogen (secondary N) is 1. The molecule has 0 aromatic heterocycles. The highest BCUT2D eigenvalue weighted by Crippen LogP contribution is 2.16. The fourth-order valence-corrected chi connectivity index (χ4v) is 1.25. The standard InChI is InChI=1S/C12H13N3O/c1-9(16)15-7-3-5-10-4-2-6-12(14)11(10)8-13/h2-6H,7,14H2,1H3,(H,15,16). The summed E-state index contributed by atoms with van der Waals surface area (Å²) in [5, 5.41) is 11.5. The lowest BCUT2D eigenvalue weighted by Crippen LogP contribution is -2.19. The third-order valence-corrected chi connectivity index (χ3v) is 2.01. The summed E-state index contributed by atoms with van der Waals surface area (Å²) in [7, 11) is 0. The number of amides is 1. The minimum absolute atomic E-state index is 0.0854. The van der Waals surface area contributed by atoms with Gasteiger partial charge in [-0.25, -0.2) is 0 Å². The van der Waals surface area contributed by atoms with Crippen LogP contribution in [0.15, 0.2) is 24.3 Å². The number of nitriles is 1. The monoisotopic (exact) mass is 215 g/mol. The van der Waals surface area contributed by atoms with Crippen LogP contribution in [0.1, 0.15) is 18.1 Å². The van der Waals surface area contributed by atoms with Gasteiger partial charge < -0.3 is 11.1 Å². The first-order chi connectivity index (χ1) is 7.65. The fraction of sp³-hybridized carbons (Fsp3) is 0.167. The van der Waals surface area contributed by atoms with Crippen molar-refractivity contribution in [2.75, 3.05) is 12.3 Å². The Bertz CT molecular complexity index is 458. The van der Waals surface area contributed by atoms with Crippen LogP contribution >= 0.6 is 0 Å². The Kier molecular flexibility index (Phi) is 4.10. The summed E-state index contributed by atoms with van der Waals surface area (Å²) >= 11 is 0. The van der Waals surface area contributed by atoms with Crippen molar-refractivity contribution in [3.05, 3.63) is 35.4 Å². The van der Waals surface area contributed by atoms with Gasteiger partial charge in [0.05, 0.1) is 11.3 Å². The molecule has 0 fully saturated rings. The van der Waals surface area contributed by atoms with E-state index in [4.69, 9.17) is 11.0 Å². The quantitative estimate of drug-likeness (QED) is 0.746. The van der Waals surface area contributed by atoms with Gasteiger partial charge in [0.25, 0.3) is 0 Å². The largest absolute Gasteiger partial charge is 0.398 e. The molecule has 3 N–H and O–H groups in total. The molecule has 0 saturated carbocycles. The number of hydrogen-bond acceptors (Lipinski definition) is 3. The van der Waals surface area contributed by atoms with E-state index in [2.05, 4.69) is 5.32 Å². The third kappa shape index (κ3) is 3.14. The van der Waals surface area contributed by atoms with Crippen molar-refractivity contribution in [1.82, 2.24) is 5.32 Å². The number of carbonyl (C=O) groups excluding carboxylic acids is 1. The highest BCUT2D eigenvalue weighted by molar-refractivity contribution is 5.73. The summed E-state index contributed by atoms with van der Waals surface area (Å²) in [4.78, 5) is 10.6. The van der Waals surface area contributed by atoms with Crippen molar-refractivity contribution in [3.63, 3.8) is 0 Å². The molecule has 1 rings (SSSR count). The Hall–Kier alpha value is -2.28. The number of nitrogens with zero attached hydrogens (tertiary/aromatic N) is 1. The van der Waals surface area contributed by atoms with Crippen LogP contribution in [0.4, 0.5) is 5.69 Å². The van der Waals surface area contributed by atoms with Crippen LogP contribution in [0.2, 0.25) is 0 Å². The lowest BCUT2D eigenvalue weighted by molar-refractivity contribution is -0.118. The van der Waals surface area contributed by atoms with Crippen molar-refractivity contribution in [3.8, 4) is 6.07 Å². The van der Waals surface area contributed by atoms with Gasteiger partial charge in [-0.3, -0.25) is 4.79 Å². The Labute approximate surface area is 94.4 Å². The molecule has 0 atom stereocenters. The predicted molar refractivity (Wildman–Crippen MR) is 63.3 cm³/mol. The second-order valence-electron chi connectivity index (χ2n) is 3.26. The predicted octanol–water partition coefficient (Wildman–Crippen LogP) is 1.29. The van der Waals surface area contributed by atoms with Gasteiger partial charge in [0.1, 0.15) is 6.07 Å². The molecule has 1 amide bonds. The molecule has 0 unspecified atom stereocenters. The molecular weight excluding hydrogens is 202 g/mol. The smallest absolute Gasteiger partial charge is 0.217 e. The third-order valence-electron chi connectivity index (χ3n) is 2.01. The lowest BCUT2D eigenvalue weighted by atomic mass is 10.1. The minimum Gasteiger partial charge on any atom is -0.398 e. The van der Waals surface area contributed by atoms with E-state index in [0.717, 1.165) is 5.56 Å². The van der Waals surface area contributed by atoms with Gasteiger partial charge in [0.15, 0.2) is 0 Å². The maximum Gasteiger partial charge on any atom is 0.217 e. The molecule has 0 bridgehead atoms. The number of nitrogens with two attached hydrogens (primary N) is 1. The van der Waals surface area contributed by atoms with Gasteiger partial charge >= 0.3 is 0 Å². The molecule has 0 radical (unpaired) electrons. The number of nitrogen functional groups attached to an aromatic ring is 1. The van der Waals surface area contributed by atoms with Gasteiger partial charge in [-0.15, -0.1) is 0 Å². The normalized spacial score (nSPS) is 10.0. The van der Waals surface area contributed by atoms with E-state index in [1.54, 1.807) is 30.4 Å². The van der Waals surface area contributed by atoms with Crippen molar-refractivity contribution < 1.29 is 4.79 Å². The van der Waals surface area contributed by atoms with Gasteiger partial charge in [-0.1, -0.05) is 24.3 Å². The molecule has 0 spiro atoms. The SMILES string of the molecule is CC(=O)NCC=Cc1cccc(N)c1C#N. The average Bonchev–Trinajstić information content (AvgIpc) is 2.24. The highest BCUT2D eigenvalue weighted by atomic mass is 16.1. The molecular formula is C12H13N3O. The summed E-state index contributed by atoms with van der Waals surface area (Å²) < 4.78 is 0. The van der Waals surface area contributed by atoms with Crippen molar-refractivity contribution in [1.29, 1.82) is 5.26 Å². The molecule has 16 heavy (non-hydrogen) atoms. The van der Waals surface area contributed by atoms with Crippen molar-refractivity contribution in [2.45, 2.75) is 6.92 Å². The van der Waals surface area contributed by atoms with Crippen molar-refractivity contribution in [2.24, 2.45) is 0 Å². The number of hydrogen-bond donors (Lipinski definition) is 2. The van der Waals surface area contributed by atoms with Crippen LogP contribution in [0.5, 0.6) is 0 Å². The molecule has 0 aliphatic heterocycles. The topological polar surface area (TPSA) is 78.9 Å². The van der Waals surface area contributed by atoms with Gasteiger partial charge in [0.2, 0.25) is 5.91 Å². The number of anilines is 1. The van der Waals surface area contributed by atoms with Crippen LogP contribution in [0.3, 0.4) is 0 Å². The summed E-state index contributed by atoms with van der Waals surface area (Å²) in [6.07, 6.45) is 3.54. The molecule has 1 aromatic rings. The fourth-order valence-electron chi connectivity index (χ4n) is 1.25. The van der Waals surface area contributed by atoms with Crippen LogP contribution < -0.4 is 11.1 Å². The Morgan fingerprint density at radius 1 is 1.62 bits per heavy atom. The second kappa shape index (κ2) is 5.56. The van der Waals surface area contributed by atoms with Crippen molar-refractivity contribution >= 4 is 17.7 Å². The molecule has 4 nitrogen and oxygen atoms in total. The lowest BCUT2D eigenvalue weighted by Gasteiger charge is -2.01. The van der Waals surface area contributed by atoms with E-state index in [1.165, 1.54) is 6.92 Å². The van der Waals surface area contributed by atoms with Crippen LogP contribution in [0, 0.1) is 11.3 Å². The second-order valence-corrected chi connectivity index (χ2v) is 3.26. The molecule has 1 aromatic carbocycles. The van der Waals surface area contributed by atoms with Crippen LogP contribution in [0.25, 0.3) is 6.08 Å². The maximum absolute atomic E-state index is 10.6.